The van der Waals surface area contributed by atoms with Crippen molar-refractivity contribution in [2.24, 2.45) is 0 Å². The summed E-state index contributed by atoms with van der Waals surface area (Å²) in [4.78, 5) is 53.7. The minimum atomic E-state index is -0.544. The molecule has 0 radical (unpaired) electrons. The second-order valence-corrected chi connectivity index (χ2v) is 12.3. The lowest BCUT2D eigenvalue weighted by Gasteiger charge is -2.23. The molecule has 2 aromatic heterocycles. The standard InChI is InChI=1S/C36H33ClFN5O5S/c1-3-48-33(45)22-42(19-24-4-8-27(9-5-24)28-10-12-30(37)13-11-28)32(44)21-43-20-29(16-26-17-39-35(47-2)40-18-26)34(46)41-36(43)49-23-25-6-14-31(38)15-7-25/h4-15,17-18,20H,3,16,19,21-23H2,1-2H3. The number of halogens is 2. The second-order valence-electron chi connectivity index (χ2n) is 10.9. The van der Waals surface area contributed by atoms with Gasteiger partial charge in [0.05, 0.1) is 13.7 Å². The number of ether oxygens (including phenoxy) is 2. The maximum atomic E-state index is 14.0. The van der Waals surface area contributed by atoms with Gasteiger partial charge in [0.1, 0.15) is 18.9 Å². The Hall–Kier alpha value is -5.07. The molecule has 0 saturated heterocycles. The van der Waals surface area contributed by atoms with E-state index in [0.717, 1.165) is 22.3 Å². The number of methoxy groups -OCH3 is 1. The molecule has 0 aliphatic heterocycles. The number of hydrogen-bond acceptors (Lipinski definition) is 9. The Bertz CT molecular complexity index is 1940. The largest absolute Gasteiger partial charge is 0.467 e. The van der Waals surface area contributed by atoms with Gasteiger partial charge in [-0.05, 0) is 59.0 Å². The molecule has 10 nitrogen and oxygen atoms in total. The van der Waals surface area contributed by atoms with E-state index in [1.807, 2.05) is 48.5 Å². The molecule has 0 spiro atoms. The Labute approximate surface area is 291 Å². The zero-order chi connectivity index (χ0) is 34.8. The van der Waals surface area contributed by atoms with Crippen molar-refractivity contribution >= 4 is 35.2 Å². The smallest absolute Gasteiger partial charge is 0.325 e. The zero-order valence-corrected chi connectivity index (χ0v) is 28.4. The van der Waals surface area contributed by atoms with Crippen LogP contribution in [0.2, 0.25) is 5.02 Å². The lowest BCUT2D eigenvalue weighted by atomic mass is 10.0. The minimum Gasteiger partial charge on any atom is -0.467 e. The number of aromatic nitrogens is 4. The SMILES string of the molecule is CCOC(=O)CN(Cc1ccc(-c2ccc(Cl)cc2)cc1)C(=O)Cn1cc(Cc2cnc(OC)nc2)c(=O)nc1SCc1ccc(F)cc1. The Morgan fingerprint density at radius 3 is 2.18 bits per heavy atom. The van der Waals surface area contributed by atoms with Crippen LogP contribution >= 0.6 is 23.4 Å². The summed E-state index contributed by atoms with van der Waals surface area (Å²) in [5.41, 5.74) is 4.08. The van der Waals surface area contributed by atoms with Crippen LogP contribution in [0, 0.1) is 5.82 Å². The van der Waals surface area contributed by atoms with E-state index < -0.39 is 11.5 Å². The van der Waals surface area contributed by atoms with Crippen LogP contribution in [0.4, 0.5) is 4.39 Å². The van der Waals surface area contributed by atoms with Crippen molar-refractivity contribution < 1.29 is 23.5 Å². The molecule has 49 heavy (non-hydrogen) atoms. The molecule has 0 bridgehead atoms. The van der Waals surface area contributed by atoms with Crippen molar-refractivity contribution in [3.05, 3.63) is 135 Å². The monoisotopic (exact) mass is 701 g/mol. The first kappa shape index (κ1) is 35.2. The van der Waals surface area contributed by atoms with Crippen molar-refractivity contribution in [2.45, 2.75) is 37.3 Å². The van der Waals surface area contributed by atoms with Crippen molar-refractivity contribution in [3.63, 3.8) is 0 Å². The van der Waals surface area contributed by atoms with Crippen LogP contribution < -0.4 is 10.3 Å². The number of nitrogens with zero attached hydrogens (tertiary/aromatic N) is 5. The van der Waals surface area contributed by atoms with Gasteiger partial charge in [0.15, 0.2) is 5.16 Å². The number of hydrogen-bond donors (Lipinski definition) is 0. The highest BCUT2D eigenvalue weighted by molar-refractivity contribution is 7.98. The summed E-state index contributed by atoms with van der Waals surface area (Å²) >= 11 is 7.27. The van der Waals surface area contributed by atoms with E-state index in [4.69, 9.17) is 21.1 Å². The van der Waals surface area contributed by atoms with Gasteiger partial charge in [0, 0.05) is 47.9 Å². The third-order valence-corrected chi connectivity index (χ3v) is 8.67. The first-order chi connectivity index (χ1) is 23.7. The molecule has 252 valence electrons. The number of rotatable bonds is 14. The Balaban J connectivity index is 1.41. The molecule has 13 heteroatoms. The second kappa shape index (κ2) is 16.8. The van der Waals surface area contributed by atoms with Crippen LogP contribution in [0.3, 0.4) is 0 Å². The molecule has 0 unspecified atom stereocenters. The van der Waals surface area contributed by atoms with E-state index in [1.54, 1.807) is 42.2 Å². The van der Waals surface area contributed by atoms with Crippen LogP contribution in [-0.4, -0.2) is 56.6 Å². The quantitative estimate of drug-likeness (QED) is 0.0784. The van der Waals surface area contributed by atoms with E-state index in [2.05, 4.69) is 15.0 Å². The number of carbonyl (C=O) groups is 2. The van der Waals surface area contributed by atoms with Gasteiger partial charge in [-0.3, -0.25) is 14.4 Å². The van der Waals surface area contributed by atoms with Gasteiger partial charge in [-0.15, -0.1) is 0 Å². The predicted octanol–water partition coefficient (Wildman–Crippen LogP) is 5.98. The summed E-state index contributed by atoms with van der Waals surface area (Å²) < 4.78 is 25.3. The van der Waals surface area contributed by atoms with Crippen molar-refractivity contribution in [2.75, 3.05) is 20.3 Å². The fourth-order valence-corrected chi connectivity index (χ4v) is 5.91. The van der Waals surface area contributed by atoms with E-state index in [9.17, 15) is 18.8 Å². The summed E-state index contributed by atoms with van der Waals surface area (Å²) in [7, 11) is 1.46. The van der Waals surface area contributed by atoms with Gasteiger partial charge in [-0.25, -0.2) is 14.4 Å². The van der Waals surface area contributed by atoms with E-state index in [-0.39, 0.29) is 50.4 Å². The Morgan fingerprint density at radius 2 is 1.55 bits per heavy atom. The highest BCUT2D eigenvalue weighted by Crippen LogP contribution is 2.24. The van der Waals surface area contributed by atoms with E-state index >= 15 is 0 Å². The molecule has 0 aliphatic rings. The van der Waals surface area contributed by atoms with Crippen molar-refractivity contribution in [3.8, 4) is 17.1 Å². The fourth-order valence-electron chi connectivity index (χ4n) is 4.86. The molecule has 0 aliphatic carbocycles. The van der Waals surface area contributed by atoms with E-state index in [0.29, 0.717) is 27.1 Å². The van der Waals surface area contributed by atoms with Gasteiger partial charge in [-0.1, -0.05) is 71.9 Å². The molecule has 0 saturated carbocycles. The van der Waals surface area contributed by atoms with Gasteiger partial charge >= 0.3 is 12.0 Å². The van der Waals surface area contributed by atoms with Gasteiger partial charge in [0.2, 0.25) is 5.91 Å². The van der Waals surface area contributed by atoms with Crippen LogP contribution in [0.1, 0.15) is 29.2 Å². The number of carbonyl (C=O) groups excluding carboxylic acids is 2. The molecule has 3 aromatic carbocycles. The average Bonchev–Trinajstić information content (AvgIpc) is 3.10. The van der Waals surface area contributed by atoms with Gasteiger partial charge in [-0.2, -0.15) is 4.98 Å². The summed E-state index contributed by atoms with van der Waals surface area (Å²) in [5.74, 6) is -0.915. The average molecular weight is 702 g/mol. The van der Waals surface area contributed by atoms with Gasteiger partial charge in [0.25, 0.3) is 5.56 Å². The highest BCUT2D eigenvalue weighted by atomic mass is 35.5. The normalized spacial score (nSPS) is 10.9. The lowest BCUT2D eigenvalue weighted by Crippen LogP contribution is -2.38. The number of benzene rings is 3. The molecule has 2 heterocycles. The van der Waals surface area contributed by atoms with Crippen LogP contribution in [-0.2, 0) is 39.6 Å². The Kier molecular flexibility index (Phi) is 12.1. The third kappa shape index (κ3) is 9.97. The lowest BCUT2D eigenvalue weighted by molar-refractivity contribution is -0.149. The van der Waals surface area contributed by atoms with Crippen molar-refractivity contribution in [1.29, 1.82) is 0 Å². The zero-order valence-electron chi connectivity index (χ0n) is 26.8. The molecule has 5 rings (SSSR count). The molecule has 5 aromatic rings. The van der Waals surface area contributed by atoms with Crippen LogP contribution in [0.25, 0.3) is 11.1 Å². The maximum Gasteiger partial charge on any atom is 0.325 e. The number of esters is 1. The Morgan fingerprint density at radius 1 is 0.918 bits per heavy atom. The summed E-state index contributed by atoms with van der Waals surface area (Å²) in [6.45, 7) is 1.52. The van der Waals surface area contributed by atoms with Crippen LogP contribution in [0.15, 0.2) is 101 Å². The summed E-state index contributed by atoms with van der Waals surface area (Å²) in [6.07, 6.45) is 4.86. The minimum absolute atomic E-state index is 0.139. The van der Waals surface area contributed by atoms with Crippen LogP contribution in [0.5, 0.6) is 6.01 Å². The highest BCUT2D eigenvalue weighted by Gasteiger charge is 2.21. The topological polar surface area (TPSA) is 117 Å². The first-order valence-electron chi connectivity index (χ1n) is 15.3. The summed E-state index contributed by atoms with van der Waals surface area (Å²) in [6, 6.07) is 21.4. The predicted molar refractivity (Wildman–Crippen MR) is 185 cm³/mol. The number of amides is 1. The van der Waals surface area contributed by atoms with Crippen molar-refractivity contribution in [1.82, 2.24) is 24.4 Å². The molecule has 1 amide bonds. The molecule has 0 atom stereocenters. The van der Waals surface area contributed by atoms with E-state index in [1.165, 1.54) is 35.9 Å². The fraction of sp³-hybridized carbons (Fsp3) is 0.222. The molecule has 0 fully saturated rings. The maximum absolute atomic E-state index is 14.0. The molecular weight excluding hydrogens is 669 g/mol. The summed E-state index contributed by atoms with van der Waals surface area (Å²) in [5, 5.41) is 0.936. The third-order valence-electron chi connectivity index (χ3n) is 7.36. The van der Waals surface area contributed by atoms with Gasteiger partial charge < -0.3 is 18.9 Å². The molecular formula is C36H33ClFN5O5S. The number of thioether (sulfide) groups is 1. The first-order valence-corrected chi connectivity index (χ1v) is 16.7. The molecule has 0 N–H and O–H groups in total.